The largest absolute Gasteiger partial charge is 0.496 e. The number of methoxy groups -OCH3 is 1. The second-order valence-corrected chi connectivity index (χ2v) is 5.74. The third-order valence-electron chi connectivity index (χ3n) is 2.78. The summed E-state index contributed by atoms with van der Waals surface area (Å²) in [5.74, 6) is 1.86. The molecular formula is C14H23NO2S. The van der Waals surface area contributed by atoms with E-state index in [4.69, 9.17) is 9.84 Å². The van der Waals surface area contributed by atoms with E-state index in [0.717, 1.165) is 24.5 Å². The highest BCUT2D eigenvalue weighted by Gasteiger charge is 2.07. The SMILES string of the molecule is CNCc1ccc(OC)c(CSC(C)CCO)c1. The molecule has 0 amide bonds. The van der Waals surface area contributed by atoms with Crippen LogP contribution < -0.4 is 10.1 Å². The van der Waals surface area contributed by atoms with Gasteiger partial charge in [0.25, 0.3) is 0 Å². The molecule has 0 bridgehead atoms. The van der Waals surface area contributed by atoms with E-state index in [2.05, 4.69) is 24.4 Å². The maximum atomic E-state index is 8.90. The summed E-state index contributed by atoms with van der Waals surface area (Å²) in [5.41, 5.74) is 2.49. The third-order valence-corrected chi connectivity index (χ3v) is 4.07. The zero-order valence-corrected chi connectivity index (χ0v) is 12.2. The van der Waals surface area contributed by atoms with Gasteiger partial charge in [0.05, 0.1) is 7.11 Å². The van der Waals surface area contributed by atoms with E-state index in [1.807, 2.05) is 24.9 Å². The Hall–Kier alpha value is -0.710. The van der Waals surface area contributed by atoms with E-state index < -0.39 is 0 Å². The molecule has 0 fully saturated rings. The van der Waals surface area contributed by atoms with Crippen LogP contribution in [0.4, 0.5) is 0 Å². The van der Waals surface area contributed by atoms with Gasteiger partial charge in [0.2, 0.25) is 0 Å². The number of aliphatic hydroxyl groups excluding tert-OH is 1. The van der Waals surface area contributed by atoms with Gasteiger partial charge in [0.15, 0.2) is 0 Å². The fourth-order valence-electron chi connectivity index (χ4n) is 1.76. The molecule has 1 rings (SSSR count). The van der Waals surface area contributed by atoms with Gasteiger partial charge in [-0.25, -0.2) is 0 Å². The highest BCUT2D eigenvalue weighted by atomic mass is 32.2. The van der Waals surface area contributed by atoms with Gasteiger partial charge in [0.1, 0.15) is 5.75 Å². The van der Waals surface area contributed by atoms with Crippen LogP contribution in [0.3, 0.4) is 0 Å². The van der Waals surface area contributed by atoms with Gasteiger partial charge in [-0.3, -0.25) is 0 Å². The van der Waals surface area contributed by atoms with E-state index in [9.17, 15) is 0 Å². The molecule has 0 aromatic heterocycles. The Bertz CT molecular complexity index is 358. The minimum atomic E-state index is 0.255. The van der Waals surface area contributed by atoms with Crippen LogP contribution in [-0.2, 0) is 12.3 Å². The summed E-state index contributed by atoms with van der Waals surface area (Å²) in [6.07, 6.45) is 0.836. The van der Waals surface area contributed by atoms with E-state index in [1.54, 1.807) is 7.11 Å². The van der Waals surface area contributed by atoms with Gasteiger partial charge >= 0.3 is 0 Å². The topological polar surface area (TPSA) is 41.5 Å². The smallest absolute Gasteiger partial charge is 0.122 e. The van der Waals surface area contributed by atoms with Crippen LogP contribution in [0.15, 0.2) is 18.2 Å². The van der Waals surface area contributed by atoms with E-state index >= 15 is 0 Å². The molecule has 0 aliphatic heterocycles. The minimum absolute atomic E-state index is 0.255. The summed E-state index contributed by atoms with van der Waals surface area (Å²) in [5, 5.41) is 12.5. The molecule has 0 spiro atoms. The maximum Gasteiger partial charge on any atom is 0.122 e. The van der Waals surface area contributed by atoms with Crippen LogP contribution in [0.1, 0.15) is 24.5 Å². The first-order chi connectivity index (χ1) is 8.71. The number of nitrogens with one attached hydrogen (secondary N) is 1. The molecule has 18 heavy (non-hydrogen) atoms. The van der Waals surface area contributed by atoms with Crippen molar-refractivity contribution in [3.05, 3.63) is 29.3 Å². The molecule has 2 N–H and O–H groups in total. The van der Waals surface area contributed by atoms with Gasteiger partial charge in [-0.2, -0.15) is 11.8 Å². The predicted molar refractivity (Wildman–Crippen MR) is 78.2 cm³/mol. The van der Waals surface area contributed by atoms with Gasteiger partial charge in [-0.05, 0) is 31.2 Å². The zero-order chi connectivity index (χ0) is 13.4. The number of rotatable bonds is 8. The Morgan fingerprint density at radius 3 is 2.83 bits per heavy atom. The number of thioether (sulfide) groups is 1. The van der Waals surface area contributed by atoms with Gasteiger partial charge in [-0.15, -0.1) is 0 Å². The van der Waals surface area contributed by atoms with Gasteiger partial charge < -0.3 is 15.2 Å². The average Bonchev–Trinajstić information content (AvgIpc) is 2.37. The van der Waals surface area contributed by atoms with Crippen molar-refractivity contribution in [2.75, 3.05) is 20.8 Å². The molecule has 3 nitrogen and oxygen atoms in total. The summed E-state index contributed by atoms with van der Waals surface area (Å²) < 4.78 is 5.39. The summed E-state index contributed by atoms with van der Waals surface area (Å²) in [7, 11) is 3.65. The summed E-state index contributed by atoms with van der Waals surface area (Å²) in [6.45, 7) is 3.27. The fraction of sp³-hybridized carbons (Fsp3) is 0.571. The van der Waals surface area contributed by atoms with Crippen molar-refractivity contribution in [1.82, 2.24) is 5.32 Å². The number of ether oxygens (including phenoxy) is 1. The van der Waals surface area contributed by atoms with Crippen molar-refractivity contribution < 1.29 is 9.84 Å². The Balaban J connectivity index is 2.68. The standard InChI is InChI=1S/C14H23NO2S/c1-11(6-7-16)18-10-13-8-12(9-15-2)4-5-14(13)17-3/h4-5,8,11,15-16H,6-7,9-10H2,1-3H3. The summed E-state index contributed by atoms with van der Waals surface area (Å²) >= 11 is 1.85. The molecule has 0 saturated heterocycles. The van der Waals surface area contributed by atoms with Crippen molar-refractivity contribution >= 4 is 11.8 Å². The van der Waals surface area contributed by atoms with Crippen molar-refractivity contribution in [1.29, 1.82) is 0 Å². The Morgan fingerprint density at radius 1 is 1.44 bits per heavy atom. The van der Waals surface area contributed by atoms with E-state index in [-0.39, 0.29) is 6.61 Å². The third kappa shape index (κ3) is 4.88. The van der Waals surface area contributed by atoms with Crippen LogP contribution in [0.25, 0.3) is 0 Å². The van der Waals surface area contributed by atoms with Crippen molar-refractivity contribution in [3.8, 4) is 5.75 Å². The lowest BCUT2D eigenvalue weighted by molar-refractivity contribution is 0.289. The summed E-state index contributed by atoms with van der Waals surface area (Å²) in [6, 6.07) is 6.30. The van der Waals surface area contributed by atoms with Crippen molar-refractivity contribution in [3.63, 3.8) is 0 Å². The van der Waals surface area contributed by atoms with Crippen LogP contribution >= 0.6 is 11.8 Å². The number of aliphatic hydroxyl groups is 1. The number of hydrogen-bond acceptors (Lipinski definition) is 4. The Labute approximate surface area is 114 Å². The molecule has 1 aromatic carbocycles. The predicted octanol–water partition coefficient (Wildman–Crippen LogP) is 2.42. The molecule has 0 saturated carbocycles. The Morgan fingerprint density at radius 2 is 2.22 bits per heavy atom. The average molecular weight is 269 g/mol. The molecule has 1 atom stereocenters. The lowest BCUT2D eigenvalue weighted by atomic mass is 10.1. The summed E-state index contributed by atoms with van der Waals surface area (Å²) in [4.78, 5) is 0. The fourth-order valence-corrected chi connectivity index (χ4v) is 2.72. The molecule has 1 unspecified atom stereocenters. The van der Waals surface area contributed by atoms with E-state index in [1.165, 1.54) is 11.1 Å². The van der Waals surface area contributed by atoms with Crippen LogP contribution in [0.2, 0.25) is 0 Å². The van der Waals surface area contributed by atoms with Gasteiger partial charge in [-0.1, -0.05) is 13.0 Å². The van der Waals surface area contributed by atoms with Crippen molar-refractivity contribution in [2.45, 2.75) is 30.9 Å². The quantitative estimate of drug-likeness (QED) is 0.760. The highest BCUT2D eigenvalue weighted by Crippen LogP contribution is 2.27. The minimum Gasteiger partial charge on any atom is -0.496 e. The monoisotopic (exact) mass is 269 g/mol. The second kappa shape index (κ2) is 8.40. The molecule has 0 heterocycles. The zero-order valence-electron chi connectivity index (χ0n) is 11.4. The lowest BCUT2D eigenvalue weighted by Crippen LogP contribution is -2.06. The number of hydrogen-bond donors (Lipinski definition) is 2. The number of benzene rings is 1. The van der Waals surface area contributed by atoms with Gasteiger partial charge in [0, 0.05) is 29.7 Å². The molecule has 4 heteroatoms. The van der Waals surface area contributed by atoms with Crippen LogP contribution in [-0.4, -0.2) is 31.1 Å². The molecule has 0 radical (unpaired) electrons. The highest BCUT2D eigenvalue weighted by molar-refractivity contribution is 7.99. The van der Waals surface area contributed by atoms with E-state index in [0.29, 0.717) is 5.25 Å². The Kier molecular flexibility index (Phi) is 7.16. The molecule has 0 aliphatic carbocycles. The van der Waals surface area contributed by atoms with Crippen molar-refractivity contribution in [2.24, 2.45) is 0 Å². The first kappa shape index (κ1) is 15.3. The maximum absolute atomic E-state index is 8.90. The normalized spacial score (nSPS) is 12.4. The lowest BCUT2D eigenvalue weighted by Gasteiger charge is -2.13. The molecular weight excluding hydrogens is 246 g/mol. The molecule has 0 aliphatic rings. The molecule has 1 aromatic rings. The van der Waals surface area contributed by atoms with Crippen LogP contribution in [0.5, 0.6) is 5.75 Å². The molecule has 102 valence electrons. The second-order valence-electron chi connectivity index (χ2n) is 4.31. The first-order valence-corrected chi connectivity index (χ1v) is 7.29. The van der Waals surface area contributed by atoms with Crippen LogP contribution in [0, 0.1) is 0 Å². The first-order valence-electron chi connectivity index (χ1n) is 6.24.